The number of carbonyl (C=O) groups excluding carboxylic acids is 1. The Labute approximate surface area is 116 Å². The summed E-state index contributed by atoms with van der Waals surface area (Å²) in [6.07, 6.45) is 2.45. The quantitative estimate of drug-likeness (QED) is 0.739. The van der Waals surface area contributed by atoms with Crippen LogP contribution in [-0.2, 0) is 14.6 Å². The number of thiocarbonyl (C=S) groups is 1. The van der Waals surface area contributed by atoms with Crippen molar-refractivity contribution in [3.05, 3.63) is 0 Å². The van der Waals surface area contributed by atoms with E-state index in [9.17, 15) is 13.2 Å². The molecule has 5 nitrogen and oxygen atoms in total. The molecule has 1 unspecified atom stereocenters. The normalized spacial score (nSPS) is 26.7. The van der Waals surface area contributed by atoms with Crippen molar-refractivity contribution in [2.75, 3.05) is 24.3 Å². The van der Waals surface area contributed by atoms with Gasteiger partial charge in [0.15, 0.2) is 9.84 Å². The van der Waals surface area contributed by atoms with Crippen LogP contribution in [0.25, 0.3) is 0 Å². The molecule has 0 radical (unpaired) electrons. The topological polar surface area (TPSA) is 80.5 Å². The van der Waals surface area contributed by atoms with Gasteiger partial charge in [-0.3, -0.25) is 4.79 Å². The first-order chi connectivity index (χ1) is 8.29. The highest BCUT2D eigenvalue weighted by molar-refractivity contribution is 8.00. The lowest BCUT2D eigenvalue weighted by Gasteiger charge is -2.36. The number of amides is 1. The van der Waals surface area contributed by atoms with Crippen LogP contribution in [0.15, 0.2) is 0 Å². The van der Waals surface area contributed by atoms with Crippen molar-refractivity contribution in [2.24, 2.45) is 11.1 Å². The Morgan fingerprint density at radius 1 is 1.50 bits per heavy atom. The molecule has 1 atom stereocenters. The zero-order valence-electron chi connectivity index (χ0n) is 10.1. The maximum Gasteiger partial charge on any atom is 0.236 e. The molecule has 102 valence electrons. The van der Waals surface area contributed by atoms with E-state index in [0.29, 0.717) is 25.1 Å². The molecule has 1 aliphatic heterocycles. The molecule has 0 bridgehead atoms. The Kier molecular flexibility index (Phi) is 3.63. The Balaban J connectivity index is 2.25. The first-order valence-corrected chi connectivity index (χ1v) is 9.18. The fourth-order valence-corrected chi connectivity index (χ4v) is 5.24. The SMILES string of the molecule is CS(=O)(=O)C1CSCCN1C(=O)C1(C(N)=S)CC1. The highest BCUT2D eigenvalue weighted by Gasteiger charge is 2.56. The zero-order chi connectivity index (χ0) is 13.6. The number of nitrogens with zero attached hydrogens (tertiary/aromatic N) is 1. The first-order valence-electron chi connectivity index (χ1n) is 5.66. The van der Waals surface area contributed by atoms with Crippen molar-refractivity contribution in [1.29, 1.82) is 0 Å². The van der Waals surface area contributed by atoms with Crippen LogP contribution >= 0.6 is 24.0 Å². The van der Waals surface area contributed by atoms with Crippen molar-refractivity contribution >= 4 is 44.7 Å². The fourth-order valence-electron chi connectivity index (χ4n) is 2.13. The predicted octanol–water partition coefficient (Wildman–Crippen LogP) is -0.00120. The van der Waals surface area contributed by atoms with Crippen molar-refractivity contribution in [3.8, 4) is 0 Å². The van der Waals surface area contributed by atoms with Gasteiger partial charge >= 0.3 is 0 Å². The van der Waals surface area contributed by atoms with Gasteiger partial charge in [-0.25, -0.2) is 8.42 Å². The predicted molar refractivity (Wildman–Crippen MR) is 76.1 cm³/mol. The van der Waals surface area contributed by atoms with E-state index < -0.39 is 20.6 Å². The Morgan fingerprint density at radius 3 is 2.56 bits per heavy atom. The number of sulfone groups is 1. The van der Waals surface area contributed by atoms with Gasteiger partial charge in [-0.1, -0.05) is 12.2 Å². The van der Waals surface area contributed by atoms with Gasteiger partial charge in [0, 0.05) is 24.3 Å². The molecule has 2 rings (SSSR count). The average molecular weight is 308 g/mol. The van der Waals surface area contributed by atoms with E-state index in [4.69, 9.17) is 18.0 Å². The maximum atomic E-state index is 12.5. The lowest BCUT2D eigenvalue weighted by Crippen LogP contribution is -2.54. The monoisotopic (exact) mass is 308 g/mol. The maximum absolute atomic E-state index is 12.5. The molecule has 2 fully saturated rings. The Bertz CT molecular complexity index is 485. The highest BCUT2D eigenvalue weighted by atomic mass is 32.2. The minimum Gasteiger partial charge on any atom is -0.392 e. The minimum absolute atomic E-state index is 0.193. The second kappa shape index (κ2) is 4.64. The van der Waals surface area contributed by atoms with Gasteiger partial charge in [0.05, 0.1) is 10.4 Å². The molecule has 1 amide bonds. The summed E-state index contributed by atoms with van der Waals surface area (Å²) in [5.41, 5.74) is 4.86. The summed E-state index contributed by atoms with van der Waals surface area (Å²) in [6.45, 7) is 0.450. The molecule has 8 heteroatoms. The molecule has 1 aliphatic carbocycles. The van der Waals surface area contributed by atoms with Crippen LogP contribution in [0.2, 0.25) is 0 Å². The van der Waals surface area contributed by atoms with Gasteiger partial charge in [-0.2, -0.15) is 11.8 Å². The molecular formula is C10H16N2O3S3. The lowest BCUT2D eigenvalue weighted by molar-refractivity contribution is -0.134. The summed E-state index contributed by atoms with van der Waals surface area (Å²) in [7, 11) is -3.28. The molecule has 1 saturated heterocycles. The van der Waals surface area contributed by atoms with Gasteiger partial charge in [-0.05, 0) is 12.8 Å². The number of nitrogens with two attached hydrogens (primary N) is 1. The lowest BCUT2D eigenvalue weighted by atomic mass is 10.1. The molecule has 0 aromatic rings. The van der Waals surface area contributed by atoms with Gasteiger partial charge in [0.2, 0.25) is 5.91 Å². The number of carbonyl (C=O) groups is 1. The smallest absolute Gasteiger partial charge is 0.236 e. The highest BCUT2D eigenvalue weighted by Crippen LogP contribution is 2.48. The van der Waals surface area contributed by atoms with E-state index in [2.05, 4.69) is 0 Å². The summed E-state index contributed by atoms with van der Waals surface area (Å²) >= 11 is 6.50. The third kappa shape index (κ3) is 2.37. The van der Waals surface area contributed by atoms with Gasteiger partial charge < -0.3 is 10.6 Å². The van der Waals surface area contributed by atoms with Crippen LogP contribution in [-0.4, -0.2) is 53.9 Å². The second-order valence-corrected chi connectivity index (χ2v) is 8.60. The van der Waals surface area contributed by atoms with Crippen LogP contribution in [0, 0.1) is 5.41 Å². The molecule has 1 heterocycles. The van der Waals surface area contributed by atoms with E-state index in [1.165, 1.54) is 11.2 Å². The molecule has 2 aliphatic rings. The third-order valence-electron chi connectivity index (χ3n) is 3.47. The molecule has 0 aromatic carbocycles. The van der Waals surface area contributed by atoms with Gasteiger partial charge in [-0.15, -0.1) is 0 Å². The number of hydrogen-bond acceptors (Lipinski definition) is 5. The summed E-state index contributed by atoms with van der Waals surface area (Å²) in [6, 6.07) is 0. The van der Waals surface area contributed by atoms with E-state index in [0.717, 1.165) is 5.75 Å². The van der Waals surface area contributed by atoms with Crippen LogP contribution in [0.3, 0.4) is 0 Å². The van der Waals surface area contributed by atoms with E-state index in [1.54, 1.807) is 11.8 Å². The van der Waals surface area contributed by atoms with E-state index >= 15 is 0 Å². The fraction of sp³-hybridized carbons (Fsp3) is 0.800. The molecule has 18 heavy (non-hydrogen) atoms. The van der Waals surface area contributed by atoms with E-state index in [-0.39, 0.29) is 10.9 Å². The van der Waals surface area contributed by atoms with Crippen molar-refractivity contribution in [1.82, 2.24) is 4.90 Å². The Morgan fingerprint density at radius 2 is 2.11 bits per heavy atom. The molecule has 2 N–H and O–H groups in total. The van der Waals surface area contributed by atoms with Crippen molar-refractivity contribution in [3.63, 3.8) is 0 Å². The van der Waals surface area contributed by atoms with Gasteiger partial charge in [0.1, 0.15) is 5.37 Å². The summed E-state index contributed by atoms with van der Waals surface area (Å²) in [5, 5.41) is -0.740. The second-order valence-electron chi connectivity index (χ2n) is 4.80. The molecule has 0 aromatic heterocycles. The summed E-state index contributed by atoms with van der Waals surface area (Å²) in [4.78, 5) is 14.1. The standard InChI is InChI=1S/C10H16N2O3S3/c1-18(14,15)7-6-17-5-4-12(7)9(13)10(2-3-10)8(11)16/h7H,2-6H2,1H3,(H2,11,16). The number of hydrogen-bond donors (Lipinski definition) is 1. The number of thioether (sulfide) groups is 1. The Hall–Kier alpha value is -0.340. The van der Waals surface area contributed by atoms with Crippen LogP contribution in [0.1, 0.15) is 12.8 Å². The average Bonchev–Trinajstić information content (AvgIpc) is 3.08. The van der Waals surface area contributed by atoms with Crippen molar-refractivity contribution < 1.29 is 13.2 Å². The van der Waals surface area contributed by atoms with E-state index in [1.807, 2.05) is 0 Å². The summed E-state index contributed by atoms with van der Waals surface area (Å²) < 4.78 is 23.5. The molecule has 0 spiro atoms. The van der Waals surface area contributed by atoms with Crippen LogP contribution in [0.4, 0.5) is 0 Å². The molecular weight excluding hydrogens is 292 g/mol. The van der Waals surface area contributed by atoms with Crippen LogP contribution in [0.5, 0.6) is 0 Å². The van der Waals surface area contributed by atoms with Crippen molar-refractivity contribution in [2.45, 2.75) is 18.2 Å². The summed E-state index contributed by atoms with van der Waals surface area (Å²) in [5.74, 6) is 0.981. The third-order valence-corrected chi connectivity index (χ3v) is 6.50. The molecule has 1 saturated carbocycles. The van der Waals surface area contributed by atoms with Crippen LogP contribution < -0.4 is 5.73 Å². The zero-order valence-corrected chi connectivity index (χ0v) is 12.5. The minimum atomic E-state index is -3.28. The largest absolute Gasteiger partial charge is 0.392 e. The first kappa shape index (κ1) is 14.1. The number of rotatable bonds is 3. The van der Waals surface area contributed by atoms with Gasteiger partial charge in [0.25, 0.3) is 0 Å².